The van der Waals surface area contributed by atoms with Crippen molar-refractivity contribution in [1.82, 2.24) is 15.0 Å². The van der Waals surface area contributed by atoms with E-state index < -0.39 is 11.9 Å². The molecule has 0 fully saturated rings. The number of rotatable bonds is 3. The molecule has 2 heterocycles. The van der Waals surface area contributed by atoms with Crippen LogP contribution in [-0.4, -0.2) is 31.9 Å². The Morgan fingerprint density at radius 2 is 1.83 bits per heavy atom. The molecule has 0 aliphatic carbocycles. The second kappa shape index (κ2) is 5.00. The summed E-state index contributed by atoms with van der Waals surface area (Å²) in [6.45, 7) is 0. The number of carboxylic acids is 1. The van der Waals surface area contributed by atoms with Gasteiger partial charge >= 0.3 is 5.97 Å². The second-order valence-electron chi connectivity index (χ2n) is 3.26. The average molecular weight is 244 g/mol. The lowest BCUT2D eigenvalue weighted by atomic mass is 10.2. The zero-order valence-electron chi connectivity index (χ0n) is 9.07. The first-order valence-corrected chi connectivity index (χ1v) is 4.94. The number of carbonyl (C=O) groups is 2. The van der Waals surface area contributed by atoms with Crippen LogP contribution in [0.1, 0.15) is 20.8 Å². The fourth-order valence-corrected chi connectivity index (χ4v) is 1.18. The Morgan fingerprint density at radius 1 is 1.11 bits per heavy atom. The van der Waals surface area contributed by atoms with Crippen molar-refractivity contribution in [3.05, 3.63) is 48.0 Å². The SMILES string of the molecule is O=C(O)c1ccc(C(=O)Nc2ncccn2)nc1. The summed E-state index contributed by atoms with van der Waals surface area (Å²) >= 11 is 0. The first kappa shape index (κ1) is 11.6. The van der Waals surface area contributed by atoms with Gasteiger partial charge in [-0.2, -0.15) is 0 Å². The highest BCUT2D eigenvalue weighted by molar-refractivity contribution is 6.02. The number of carboxylic acid groups (broad SMARTS) is 1. The summed E-state index contributed by atoms with van der Waals surface area (Å²) in [7, 11) is 0. The Bertz CT molecular complexity index is 569. The third kappa shape index (κ3) is 2.64. The average Bonchev–Trinajstić information content (AvgIpc) is 2.40. The summed E-state index contributed by atoms with van der Waals surface area (Å²) in [5.74, 6) is -1.44. The van der Waals surface area contributed by atoms with Crippen LogP contribution in [0.25, 0.3) is 0 Å². The lowest BCUT2D eigenvalue weighted by Crippen LogP contribution is -2.15. The van der Waals surface area contributed by atoms with E-state index >= 15 is 0 Å². The first-order valence-electron chi connectivity index (χ1n) is 4.94. The Hall–Kier alpha value is -2.83. The monoisotopic (exact) mass is 244 g/mol. The molecule has 0 spiro atoms. The Morgan fingerprint density at radius 3 is 2.39 bits per heavy atom. The molecule has 90 valence electrons. The number of carbonyl (C=O) groups excluding carboxylic acids is 1. The molecule has 0 aromatic carbocycles. The highest BCUT2D eigenvalue weighted by Gasteiger charge is 2.10. The number of pyridine rings is 1. The van der Waals surface area contributed by atoms with Crippen molar-refractivity contribution in [3.8, 4) is 0 Å². The highest BCUT2D eigenvalue weighted by atomic mass is 16.4. The van der Waals surface area contributed by atoms with E-state index in [9.17, 15) is 9.59 Å². The Balaban J connectivity index is 2.12. The number of aromatic carboxylic acids is 1. The van der Waals surface area contributed by atoms with Gasteiger partial charge in [-0.3, -0.25) is 15.1 Å². The lowest BCUT2D eigenvalue weighted by Gasteiger charge is -2.02. The molecular weight excluding hydrogens is 236 g/mol. The molecule has 2 N–H and O–H groups in total. The zero-order chi connectivity index (χ0) is 13.0. The maximum absolute atomic E-state index is 11.7. The van der Waals surface area contributed by atoms with Crippen LogP contribution in [0.2, 0.25) is 0 Å². The molecule has 0 aliphatic rings. The second-order valence-corrected chi connectivity index (χ2v) is 3.26. The number of nitrogens with zero attached hydrogens (tertiary/aromatic N) is 3. The molecule has 1 amide bonds. The standard InChI is InChI=1S/C11H8N4O3/c16-9(15-11-12-4-1-5-13-11)8-3-2-7(6-14-8)10(17)18/h1-6H,(H,17,18)(H,12,13,15,16). The summed E-state index contributed by atoms with van der Waals surface area (Å²) in [6, 6.07) is 4.24. The smallest absolute Gasteiger partial charge is 0.337 e. The van der Waals surface area contributed by atoms with Crippen LogP contribution in [0.3, 0.4) is 0 Å². The van der Waals surface area contributed by atoms with Crippen molar-refractivity contribution in [3.63, 3.8) is 0 Å². The summed E-state index contributed by atoms with van der Waals surface area (Å²) in [4.78, 5) is 33.7. The Labute approximate surface area is 102 Å². The van der Waals surface area contributed by atoms with E-state index in [1.807, 2.05) is 0 Å². The predicted octanol–water partition coefficient (Wildman–Crippen LogP) is 0.822. The van der Waals surface area contributed by atoms with Gasteiger partial charge in [0.25, 0.3) is 5.91 Å². The van der Waals surface area contributed by atoms with Crippen LogP contribution in [0.5, 0.6) is 0 Å². The zero-order valence-corrected chi connectivity index (χ0v) is 9.07. The summed E-state index contributed by atoms with van der Waals surface area (Å²) < 4.78 is 0. The van der Waals surface area contributed by atoms with Crippen molar-refractivity contribution in [1.29, 1.82) is 0 Å². The van der Waals surface area contributed by atoms with Crippen molar-refractivity contribution in [2.24, 2.45) is 0 Å². The molecule has 2 aromatic heterocycles. The third-order valence-corrected chi connectivity index (χ3v) is 2.03. The van der Waals surface area contributed by atoms with Crippen LogP contribution in [0, 0.1) is 0 Å². The quantitative estimate of drug-likeness (QED) is 0.828. The minimum atomic E-state index is -1.10. The molecule has 2 aromatic rings. The van der Waals surface area contributed by atoms with E-state index in [1.165, 1.54) is 24.5 Å². The van der Waals surface area contributed by atoms with Crippen molar-refractivity contribution >= 4 is 17.8 Å². The summed E-state index contributed by atoms with van der Waals surface area (Å²) in [5, 5.41) is 11.1. The van der Waals surface area contributed by atoms with Crippen LogP contribution >= 0.6 is 0 Å². The van der Waals surface area contributed by atoms with Gasteiger partial charge in [-0.1, -0.05) is 0 Å². The van der Waals surface area contributed by atoms with Crippen LogP contribution in [-0.2, 0) is 0 Å². The minimum absolute atomic E-state index is 0.0162. The number of aromatic nitrogens is 3. The molecule has 2 rings (SSSR count). The molecule has 7 heteroatoms. The van der Waals surface area contributed by atoms with Gasteiger partial charge in [0, 0.05) is 18.6 Å². The lowest BCUT2D eigenvalue weighted by molar-refractivity contribution is 0.0696. The number of hydrogen-bond donors (Lipinski definition) is 2. The molecule has 0 atom stereocenters. The van der Waals surface area contributed by atoms with Gasteiger partial charge < -0.3 is 5.11 Å². The van der Waals surface area contributed by atoms with Crippen LogP contribution < -0.4 is 5.32 Å². The van der Waals surface area contributed by atoms with E-state index in [-0.39, 0.29) is 17.2 Å². The fraction of sp³-hybridized carbons (Fsp3) is 0. The van der Waals surface area contributed by atoms with Gasteiger partial charge in [-0.05, 0) is 18.2 Å². The molecule has 0 saturated carbocycles. The molecule has 7 nitrogen and oxygen atoms in total. The molecular formula is C11H8N4O3. The van der Waals surface area contributed by atoms with Gasteiger partial charge in [0.15, 0.2) is 0 Å². The maximum atomic E-state index is 11.7. The number of amides is 1. The molecule has 0 unspecified atom stereocenters. The van der Waals surface area contributed by atoms with Crippen LogP contribution in [0.4, 0.5) is 5.95 Å². The van der Waals surface area contributed by atoms with E-state index in [2.05, 4.69) is 20.3 Å². The summed E-state index contributed by atoms with van der Waals surface area (Å²) in [6.07, 6.45) is 4.09. The first-order chi connectivity index (χ1) is 8.66. The topological polar surface area (TPSA) is 105 Å². The van der Waals surface area contributed by atoms with Gasteiger partial charge in [0.05, 0.1) is 5.56 Å². The molecule has 0 bridgehead atoms. The van der Waals surface area contributed by atoms with Crippen molar-refractivity contribution < 1.29 is 14.7 Å². The predicted molar refractivity (Wildman–Crippen MR) is 61.2 cm³/mol. The number of hydrogen-bond acceptors (Lipinski definition) is 5. The number of nitrogens with one attached hydrogen (secondary N) is 1. The van der Waals surface area contributed by atoms with Crippen molar-refractivity contribution in [2.75, 3.05) is 5.32 Å². The van der Waals surface area contributed by atoms with Crippen molar-refractivity contribution in [2.45, 2.75) is 0 Å². The Kier molecular flexibility index (Phi) is 3.24. The molecule has 0 radical (unpaired) electrons. The van der Waals surface area contributed by atoms with Gasteiger partial charge in [0.2, 0.25) is 5.95 Å². The minimum Gasteiger partial charge on any atom is -0.478 e. The van der Waals surface area contributed by atoms with E-state index in [1.54, 1.807) is 6.07 Å². The number of anilines is 1. The van der Waals surface area contributed by atoms with E-state index in [4.69, 9.17) is 5.11 Å². The van der Waals surface area contributed by atoms with Gasteiger partial charge in [-0.15, -0.1) is 0 Å². The largest absolute Gasteiger partial charge is 0.478 e. The van der Waals surface area contributed by atoms with E-state index in [0.29, 0.717) is 0 Å². The molecule has 0 saturated heterocycles. The maximum Gasteiger partial charge on any atom is 0.337 e. The van der Waals surface area contributed by atoms with Gasteiger partial charge in [-0.25, -0.2) is 14.8 Å². The fourth-order valence-electron chi connectivity index (χ4n) is 1.18. The molecule has 0 aliphatic heterocycles. The normalized spacial score (nSPS) is 9.78. The van der Waals surface area contributed by atoms with Crippen LogP contribution in [0.15, 0.2) is 36.8 Å². The van der Waals surface area contributed by atoms with E-state index in [0.717, 1.165) is 6.20 Å². The summed E-state index contributed by atoms with van der Waals surface area (Å²) in [5.41, 5.74) is 0.106. The van der Waals surface area contributed by atoms with Gasteiger partial charge in [0.1, 0.15) is 5.69 Å². The third-order valence-electron chi connectivity index (χ3n) is 2.03. The molecule has 18 heavy (non-hydrogen) atoms. The highest BCUT2D eigenvalue weighted by Crippen LogP contribution is 2.03.